The summed E-state index contributed by atoms with van der Waals surface area (Å²) in [5, 5.41) is 2.38. The van der Waals surface area contributed by atoms with Gasteiger partial charge in [0, 0.05) is 33.8 Å². The zero-order chi connectivity index (χ0) is 41.5. The number of furan rings is 1. The van der Waals surface area contributed by atoms with E-state index in [0.29, 0.717) is 5.92 Å². The lowest BCUT2D eigenvalue weighted by Gasteiger charge is -2.48. The van der Waals surface area contributed by atoms with E-state index >= 15 is 0 Å². The summed E-state index contributed by atoms with van der Waals surface area (Å²) < 4.78 is 6.73. The first kappa shape index (κ1) is 37.8. The molecule has 11 rings (SSSR count). The van der Waals surface area contributed by atoms with Gasteiger partial charge in [0.2, 0.25) is 0 Å². The van der Waals surface area contributed by atoms with Gasteiger partial charge in [0.1, 0.15) is 11.2 Å². The predicted molar refractivity (Wildman–Crippen MR) is 257 cm³/mol. The lowest BCUT2D eigenvalue weighted by Crippen LogP contribution is -2.62. The summed E-state index contributed by atoms with van der Waals surface area (Å²) >= 11 is 0. The molecule has 2 aliphatic carbocycles. The van der Waals surface area contributed by atoms with Gasteiger partial charge in [0.15, 0.2) is 0 Å². The fourth-order valence-electron chi connectivity index (χ4n) is 11.7. The van der Waals surface area contributed by atoms with Crippen molar-refractivity contribution in [3.63, 3.8) is 0 Å². The molecule has 4 aliphatic rings. The highest BCUT2D eigenvalue weighted by atomic mass is 16.3. The number of benzene rings is 6. The largest absolute Gasteiger partial charge is 0.456 e. The fourth-order valence-corrected chi connectivity index (χ4v) is 11.7. The van der Waals surface area contributed by atoms with Crippen LogP contribution in [0.4, 0.5) is 34.1 Å². The molecule has 3 heterocycles. The number of aryl methyl sites for hydroxylation is 2. The second kappa shape index (κ2) is 13.1. The Balaban J connectivity index is 1.31. The molecule has 3 nitrogen and oxygen atoms in total. The van der Waals surface area contributed by atoms with Crippen molar-refractivity contribution in [1.29, 1.82) is 0 Å². The van der Waals surface area contributed by atoms with Crippen LogP contribution in [-0.4, -0.2) is 6.71 Å². The van der Waals surface area contributed by atoms with Crippen LogP contribution < -0.4 is 26.2 Å². The summed E-state index contributed by atoms with van der Waals surface area (Å²) in [4.78, 5) is 5.37. The molecule has 0 N–H and O–H groups in total. The number of rotatable bonds is 3. The van der Waals surface area contributed by atoms with Crippen LogP contribution in [0.2, 0.25) is 0 Å². The van der Waals surface area contributed by atoms with E-state index in [-0.39, 0.29) is 23.0 Å². The molecule has 7 aromatic rings. The van der Waals surface area contributed by atoms with Crippen molar-refractivity contribution in [1.82, 2.24) is 0 Å². The lowest BCUT2D eigenvalue weighted by molar-refractivity contribution is 0.332. The van der Waals surface area contributed by atoms with Gasteiger partial charge in [-0.1, -0.05) is 128 Å². The molecule has 2 aliphatic heterocycles. The molecule has 0 saturated heterocycles. The third-order valence-electron chi connectivity index (χ3n) is 15.3. The number of para-hydroxylation sites is 2. The molecule has 1 aromatic heterocycles. The van der Waals surface area contributed by atoms with Crippen LogP contribution >= 0.6 is 0 Å². The van der Waals surface area contributed by atoms with E-state index in [1.807, 2.05) is 0 Å². The minimum atomic E-state index is 0.0373. The van der Waals surface area contributed by atoms with Gasteiger partial charge in [-0.05, 0) is 154 Å². The standard InChI is InChI=1S/C56H59BN2O/c1-34-17-13-15-21-44(34)59-48-31-37(36-18-11-10-12-19-36)30-47-52(48)57(42-24-26-50-51(53(42)59)39-20-14-16-22-49(39)60-50)43-32-40-41(56(8,9)28-27-55(40,6)7)33-46(43)58(47)45-25-23-38(29-35(45)2)54(3,4)5/h13-17,20-26,29-33,36H,10-12,18-19,27-28H2,1-9H3. The van der Waals surface area contributed by atoms with E-state index in [2.05, 4.69) is 175 Å². The van der Waals surface area contributed by atoms with Crippen molar-refractivity contribution in [2.24, 2.45) is 0 Å². The molecule has 1 fully saturated rings. The summed E-state index contributed by atoms with van der Waals surface area (Å²) in [5.41, 5.74) is 22.5. The van der Waals surface area contributed by atoms with Crippen molar-refractivity contribution in [2.75, 3.05) is 9.80 Å². The van der Waals surface area contributed by atoms with Crippen molar-refractivity contribution >= 4 is 79.2 Å². The van der Waals surface area contributed by atoms with Gasteiger partial charge in [-0.2, -0.15) is 0 Å². The normalized spacial score (nSPS) is 18.1. The van der Waals surface area contributed by atoms with E-state index in [1.54, 1.807) is 0 Å². The van der Waals surface area contributed by atoms with Crippen molar-refractivity contribution in [2.45, 2.75) is 129 Å². The van der Waals surface area contributed by atoms with Crippen molar-refractivity contribution in [3.8, 4) is 0 Å². The Labute approximate surface area is 357 Å². The van der Waals surface area contributed by atoms with E-state index in [1.165, 1.54) is 140 Å². The average Bonchev–Trinajstić information content (AvgIpc) is 3.62. The van der Waals surface area contributed by atoms with Crippen LogP contribution in [-0.2, 0) is 16.2 Å². The van der Waals surface area contributed by atoms with Crippen LogP contribution in [0.1, 0.15) is 133 Å². The highest BCUT2D eigenvalue weighted by molar-refractivity contribution is 7.00. The third-order valence-corrected chi connectivity index (χ3v) is 15.3. The van der Waals surface area contributed by atoms with Gasteiger partial charge in [-0.3, -0.25) is 0 Å². The molecule has 0 amide bonds. The maximum absolute atomic E-state index is 6.73. The molecule has 6 aromatic carbocycles. The Bertz CT molecular complexity index is 2900. The van der Waals surface area contributed by atoms with Gasteiger partial charge in [-0.25, -0.2) is 0 Å². The van der Waals surface area contributed by atoms with Gasteiger partial charge < -0.3 is 14.2 Å². The maximum atomic E-state index is 6.73. The van der Waals surface area contributed by atoms with E-state index < -0.39 is 0 Å². The topological polar surface area (TPSA) is 19.6 Å². The van der Waals surface area contributed by atoms with Crippen molar-refractivity contribution < 1.29 is 4.42 Å². The average molecular weight is 787 g/mol. The second-order valence-corrected chi connectivity index (χ2v) is 21.1. The van der Waals surface area contributed by atoms with E-state index in [4.69, 9.17) is 4.42 Å². The van der Waals surface area contributed by atoms with Crippen LogP contribution in [0.15, 0.2) is 108 Å². The molecule has 0 bridgehead atoms. The number of anilines is 6. The van der Waals surface area contributed by atoms with Crippen LogP contribution in [0.5, 0.6) is 0 Å². The van der Waals surface area contributed by atoms with E-state index in [0.717, 1.165) is 11.2 Å². The quantitative estimate of drug-likeness (QED) is 0.166. The summed E-state index contributed by atoms with van der Waals surface area (Å²) in [5.74, 6) is 0.528. The summed E-state index contributed by atoms with van der Waals surface area (Å²) in [6, 6.07) is 40.2. The molecule has 302 valence electrons. The smallest absolute Gasteiger partial charge is 0.252 e. The van der Waals surface area contributed by atoms with E-state index in [9.17, 15) is 0 Å². The highest BCUT2D eigenvalue weighted by Crippen LogP contribution is 2.53. The molecule has 0 unspecified atom stereocenters. The second-order valence-electron chi connectivity index (χ2n) is 21.1. The fraction of sp³-hybridized carbons (Fsp3) is 0.357. The molecule has 1 saturated carbocycles. The Kier molecular flexibility index (Phi) is 8.27. The van der Waals surface area contributed by atoms with Gasteiger partial charge in [-0.15, -0.1) is 0 Å². The summed E-state index contributed by atoms with van der Waals surface area (Å²) in [6.07, 6.45) is 8.77. The molecule has 0 spiro atoms. The number of hydrogen-bond donors (Lipinski definition) is 0. The van der Waals surface area contributed by atoms with Crippen LogP contribution in [0.3, 0.4) is 0 Å². The molecular formula is C56H59BN2O. The Morgan fingerprint density at radius 2 is 1.27 bits per heavy atom. The third kappa shape index (κ3) is 5.54. The first-order chi connectivity index (χ1) is 28.7. The molecule has 0 radical (unpaired) electrons. The first-order valence-electron chi connectivity index (χ1n) is 22.8. The number of hydrogen-bond acceptors (Lipinski definition) is 3. The number of nitrogens with zero attached hydrogens (tertiary/aromatic N) is 2. The van der Waals surface area contributed by atoms with Gasteiger partial charge in [0.25, 0.3) is 6.71 Å². The van der Waals surface area contributed by atoms with Crippen LogP contribution in [0, 0.1) is 13.8 Å². The SMILES string of the molecule is Cc1cc(C(C)(C)C)ccc1N1c2cc3c(cc2B2c4ccc5oc6ccccc6c5c4N(c4ccccc4C)c4cc(C5CCCCC5)cc1c42)C(C)(C)CCC3(C)C. The molecule has 60 heavy (non-hydrogen) atoms. The minimum Gasteiger partial charge on any atom is -0.456 e. The van der Waals surface area contributed by atoms with Gasteiger partial charge >= 0.3 is 0 Å². The molecule has 0 atom stereocenters. The Hall–Kier alpha value is -5.22. The number of fused-ring (bicyclic) bond motifs is 9. The monoisotopic (exact) mass is 786 g/mol. The highest BCUT2D eigenvalue weighted by Gasteiger charge is 2.48. The first-order valence-corrected chi connectivity index (χ1v) is 22.8. The molecule has 4 heteroatoms. The zero-order valence-electron chi connectivity index (χ0n) is 37.2. The predicted octanol–water partition coefficient (Wildman–Crippen LogP) is 14.0. The Morgan fingerprint density at radius 3 is 1.98 bits per heavy atom. The lowest BCUT2D eigenvalue weighted by atomic mass is 9.33. The minimum absolute atomic E-state index is 0.0373. The summed E-state index contributed by atoms with van der Waals surface area (Å²) in [7, 11) is 0. The summed E-state index contributed by atoms with van der Waals surface area (Å²) in [6.45, 7) is 21.6. The molecular weight excluding hydrogens is 727 g/mol. The van der Waals surface area contributed by atoms with Crippen LogP contribution in [0.25, 0.3) is 21.9 Å². The van der Waals surface area contributed by atoms with Gasteiger partial charge in [0.05, 0.1) is 11.1 Å². The Morgan fingerprint density at radius 1 is 0.600 bits per heavy atom. The zero-order valence-corrected chi connectivity index (χ0v) is 37.2. The maximum Gasteiger partial charge on any atom is 0.252 e. The van der Waals surface area contributed by atoms with Crippen molar-refractivity contribution in [3.05, 3.63) is 137 Å².